The van der Waals surface area contributed by atoms with E-state index in [0.29, 0.717) is 0 Å². The summed E-state index contributed by atoms with van der Waals surface area (Å²) in [6.07, 6.45) is 2.17. The quantitative estimate of drug-likeness (QED) is 0.893. The Hall–Kier alpha value is -2.10. The lowest BCUT2D eigenvalue weighted by molar-refractivity contribution is 0.0636. The van der Waals surface area contributed by atoms with Gasteiger partial charge in [0.15, 0.2) is 0 Å². The standard InChI is InChI=1S/C16H20N2O2/c1-5-11-6-7-13-12(10-11)14(8-9-17-13)18-15(19)20-16(2,3)4/h6-10H,5H2,1-4H3,(H,17,18,19). The smallest absolute Gasteiger partial charge is 0.412 e. The van der Waals surface area contributed by atoms with Gasteiger partial charge in [-0.25, -0.2) is 4.79 Å². The van der Waals surface area contributed by atoms with E-state index in [-0.39, 0.29) is 0 Å². The molecular formula is C16H20N2O2. The number of nitrogens with one attached hydrogen (secondary N) is 1. The largest absolute Gasteiger partial charge is 0.444 e. The van der Waals surface area contributed by atoms with E-state index in [0.717, 1.165) is 23.0 Å². The molecule has 1 N–H and O–H groups in total. The van der Waals surface area contributed by atoms with Crippen LogP contribution in [0.1, 0.15) is 33.3 Å². The van der Waals surface area contributed by atoms with E-state index in [1.807, 2.05) is 32.9 Å². The Morgan fingerprint density at radius 1 is 1.30 bits per heavy atom. The molecule has 0 spiro atoms. The second-order valence-electron chi connectivity index (χ2n) is 5.69. The Labute approximate surface area is 119 Å². The van der Waals surface area contributed by atoms with Gasteiger partial charge in [-0.05, 0) is 51.0 Å². The average Bonchev–Trinajstić information content (AvgIpc) is 2.36. The van der Waals surface area contributed by atoms with Crippen molar-refractivity contribution in [3.63, 3.8) is 0 Å². The highest BCUT2D eigenvalue weighted by atomic mass is 16.6. The minimum Gasteiger partial charge on any atom is -0.444 e. The summed E-state index contributed by atoms with van der Waals surface area (Å²) in [6, 6.07) is 7.85. The van der Waals surface area contributed by atoms with Crippen LogP contribution >= 0.6 is 0 Å². The molecular weight excluding hydrogens is 252 g/mol. The van der Waals surface area contributed by atoms with E-state index in [4.69, 9.17) is 4.74 Å². The fraction of sp³-hybridized carbons (Fsp3) is 0.375. The molecule has 1 heterocycles. The van der Waals surface area contributed by atoms with E-state index in [1.165, 1.54) is 5.56 Å². The van der Waals surface area contributed by atoms with Crippen molar-refractivity contribution in [1.29, 1.82) is 0 Å². The molecule has 2 rings (SSSR count). The summed E-state index contributed by atoms with van der Waals surface area (Å²) in [6.45, 7) is 7.61. The SMILES string of the molecule is CCc1ccc2nccc(NC(=O)OC(C)(C)C)c2c1. The van der Waals surface area contributed by atoms with Gasteiger partial charge in [0.2, 0.25) is 0 Å². The Balaban J connectivity index is 2.32. The first kappa shape index (κ1) is 14.3. The molecule has 2 aromatic rings. The van der Waals surface area contributed by atoms with Crippen LogP contribution in [0, 0.1) is 0 Å². The van der Waals surface area contributed by atoms with Gasteiger partial charge in [0.05, 0.1) is 11.2 Å². The van der Waals surface area contributed by atoms with E-state index >= 15 is 0 Å². The van der Waals surface area contributed by atoms with Crippen molar-refractivity contribution < 1.29 is 9.53 Å². The Bertz CT molecular complexity index is 630. The number of aryl methyl sites for hydroxylation is 1. The van der Waals surface area contributed by atoms with Crippen LogP contribution in [0.4, 0.5) is 10.5 Å². The number of fused-ring (bicyclic) bond motifs is 1. The zero-order chi connectivity index (χ0) is 14.8. The molecule has 0 aliphatic carbocycles. The van der Waals surface area contributed by atoms with Gasteiger partial charge in [-0.2, -0.15) is 0 Å². The lowest BCUT2D eigenvalue weighted by Gasteiger charge is -2.20. The summed E-state index contributed by atoms with van der Waals surface area (Å²) in [5.41, 5.74) is 2.27. The number of nitrogens with zero attached hydrogens (tertiary/aromatic N) is 1. The highest BCUT2D eigenvalue weighted by molar-refractivity contribution is 5.98. The van der Waals surface area contributed by atoms with Crippen molar-refractivity contribution in [2.45, 2.75) is 39.7 Å². The van der Waals surface area contributed by atoms with E-state index in [9.17, 15) is 4.79 Å². The molecule has 0 aliphatic rings. The van der Waals surface area contributed by atoms with Crippen molar-refractivity contribution >= 4 is 22.7 Å². The van der Waals surface area contributed by atoms with Crippen molar-refractivity contribution in [1.82, 2.24) is 4.98 Å². The first-order chi connectivity index (χ1) is 9.39. The summed E-state index contributed by atoms with van der Waals surface area (Å²) < 4.78 is 5.28. The Morgan fingerprint density at radius 3 is 2.70 bits per heavy atom. The van der Waals surface area contributed by atoms with Gasteiger partial charge in [-0.1, -0.05) is 13.0 Å². The number of aromatic nitrogens is 1. The summed E-state index contributed by atoms with van der Waals surface area (Å²) in [5, 5.41) is 3.72. The maximum atomic E-state index is 11.9. The fourth-order valence-electron chi connectivity index (χ4n) is 1.94. The predicted molar refractivity (Wildman–Crippen MR) is 81.0 cm³/mol. The van der Waals surface area contributed by atoms with Crippen molar-refractivity contribution in [3.8, 4) is 0 Å². The molecule has 1 amide bonds. The molecule has 0 atom stereocenters. The maximum Gasteiger partial charge on any atom is 0.412 e. The third kappa shape index (κ3) is 3.47. The number of anilines is 1. The van der Waals surface area contributed by atoms with E-state index in [2.05, 4.69) is 23.3 Å². The number of benzene rings is 1. The zero-order valence-electron chi connectivity index (χ0n) is 12.4. The van der Waals surface area contributed by atoms with Crippen LogP contribution in [-0.2, 0) is 11.2 Å². The monoisotopic (exact) mass is 272 g/mol. The molecule has 0 bridgehead atoms. The molecule has 4 nitrogen and oxygen atoms in total. The number of hydrogen-bond acceptors (Lipinski definition) is 3. The topological polar surface area (TPSA) is 51.2 Å². The first-order valence-electron chi connectivity index (χ1n) is 6.76. The molecule has 0 saturated heterocycles. The first-order valence-corrected chi connectivity index (χ1v) is 6.76. The summed E-state index contributed by atoms with van der Waals surface area (Å²) in [5.74, 6) is 0. The van der Waals surface area contributed by atoms with Crippen LogP contribution < -0.4 is 5.32 Å². The number of ether oxygens (including phenoxy) is 1. The third-order valence-corrected chi connectivity index (χ3v) is 2.85. The van der Waals surface area contributed by atoms with Gasteiger partial charge >= 0.3 is 6.09 Å². The van der Waals surface area contributed by atoms with E-state index < -0.39 is 11.7 Å². The number of pyridine rings is 1. The van der Waals surface area contributed by atoms with Crippen molar-refractivity contribution in [3.05, 3.63) is 36.0 Å². The number of carbonyl (C=O) groups excluding carboxylic acids is 1. The van der Waals surface area contributed by atoms with Gasteiger partial charge in [-0.3, -0.25) is 10.3 Å². The molecule has 1 aromatic heterocycles. The fourth-order valence-corrected chi connectivity index (χ4v) is 1.94. The zero-order valence-corrected chi connectivity index (χ0v) is 12.4. The van der Waals surface area contributed by atoms with Crippen LogP contribution in [0.25, 0.3) is 10.9 Å². The van der Waals surface area contributed by atoms with Gasteiger partial charge in [0.25, 0.3) is 0 Å². The van der Waals surface area contributed by atoms with E-state index in [1.54, 1.807) is 12.3 Å². The summed E-state index contributed by atoms with van der Waals surface area (Å²) in [7, 11) is 0. The molecule has 0 aliphatic heterocycles. The number of amides is 1. The lowest BCUT2D eigenvalue weighted by Crippen LogP contribution is -2.27. The molecule has 106 valence electrons. The number of rotatable bonds is 2. The Kier molecular flexibility index (Phi) is 3.93. The van der Waals surface area contributed by atoms with Crippen molar-refractivity contribution in [2.24, 2.45) is 0 Å². The molecule has 20 heavy (non-hydrogen) atoms. The molecule has 4 heteroatoms. The minimum atomic E-state index is -0.512. The number of carbonyl (C=O) groups is 1. The molecule has 0 radical (unpaired) electrons. The Morgan fingerprint density at radius 2 is 2.05 bits per heavy atom. The highest BCUT2D eigenvalue weighted by Gasteiger charge is 2.17. The van der Waals surface area contributed by atoms with Gasteiger partial charge in [-0.15, -0.1) is 0 Å². The van der Waals surface area contributed by atoms with Crippen LogP contribution in [0.3, 0.4) is 0 Å². The van der Waals surface area contributed by atoms with Crippen LogP contribution in [0.15, 0.2) is 30.5 Å². The van der Waals surface area contributed by atoms with Gasteiger partial charge in [0, 0.05) is 11.6 Å². The average molecular weight is 272 g/mol. The number of hydrogen-bond donors (Lipinski definition) is 1. The third-order valence-electron chi connectivity index (χ3n) is 2.85. The van der Waals surface area contributed by atoms with Gasteiger partial charge < -0.3 is 4.74 Å². The van der Waals surface area contributed by atoms with Crippen LogP contribution in [-0.4, -0.2) is 16.7 Å². The predicted octanol–water partition coefficient (Wildman–Crippen LogP) is 4.14. The second kappa shape index (κ2) is 5.49. The van der Waals surface area contributed by atoms with Crippen molar-refractivity contribution in [2.75, 3.05) is 5.32 Å². The molecule has 0 unspecified atom stereocenters. The maximum absolute atomic E-state index is 11.9. The van der Waals surface area contributed by atoms with Crippen LogP contribution in [0.5, 0.6) is 0 Å². The normalized spacial score (nSPS) is 11.4. The van der Waals surface area contributed by atoms with Crippen LogP contribution in [0.2, 0.25) is 0 Å². The molecule has 1 aromatic carbocycles. The lowest BCUT2D eigenvalue weighted by atomic mass is 10.1. The highest BCUT2D eigenvalue weighted by Crippen LogP contribution is 2.23. The summed E-state index contributed by atoms with van der Waals surface area (Å²) in [4.78, 5) is 16.2. The minimum absolute atomic E-state index is 0.452. The van der Waals surface area contributed by atoms with Gasteiger partial charge in [0.1, 0.15) is 5.60 Å². The summed E-state index contributed by atoms with van der Waals surface area (Å²) >= 11 is 0. The second-order valence-corrected chi connectivity index (χ2v) is 5.69. The molecule has 0 saturated carbocycles. The molecule has 0 fully saturated rings.